The van der Waals surface area contributed by atoms with Crippen LogP contribution in [0, 0.1) is 0 Å². The number of aliphatic carboxylic acids is 1. The zero-order valence-corrected chi connectivity index (χ0v) is 19.6. The molecule has 2 aromatic rings. The number of hydrogen-bond acceptors (Lipinski definition) is 11. The van der Waals surface area contributed by atoms with Gasteiger partial charge in [-0.1, -0.05) is 30.3 Å². The van der Waals surface area contributed by atoms with E-state index in [4.69, 9.17) is 15.2 Å². The number of aliphatic hydroxyl groups excluding tert-OH is 2. The van der Waals surface area contributed by atoms with Crippen molar-refractivity contribution in [2.75, 3.05) is 18.5 Å². The normalized spacial score (nSPS) is 24.6. The lowest BCUT2D eigenvalue weighted by molar-refractivity contribution is -0.143. The molecule has 1 aromatic heterocycles. The van der Waals surface area contributed by atoms with E-state index in [0.29, 0.717) is 5.56 Å². The molecule has 0 unspecified atom stereocenters. The maximum atomic E-state index is 12.4. The monoisotopic (exact) mass is 521 g/mol. The van der Waals surface area contributed by atoms with Crippen LogP contribution in [0.2, 0.25) is 0 Å². The molecule has 6 atom stereocenters. The third kappa shape index (κ3) is 6.28. The summed E-state index contributed by atoms with van der Waals surface area (Å²) in [6.07, 6.45) is -4.03. The molecule has 0 radical (unpaired) electrons. The van der Waals surface area contributed by atoms with E-state index in [1.165, 1.54) is 6.92 Å². The molecule has 3 rings (SSSR count). The Balaban J connectivity index is 1.59. The second-order valence-electron chi connectivity index (χ2n) is 8.39. The van der Waals surface area contributed by atoms with Crippen LogP contribution in [-0.4, -0.2) is 85.0 Å². The highest BCUT2D eigenvalue weighted by atomic mass is 16.6. The highest BCUT2D eigenvalue weighted by molar-refractivity contribution is 5.88. The number of benzene rings is 1. The Hall–Kier alpha value is -3.89. The van der Waals surface area contributed by atoms with Crippen LogP contribution < -0.4 is 22.1 Å². The molecule has 1 aliphatic rings. The molecule has 1 aromatic carbocycles. The van der Waals surface area contributed by atoms with Crippen LogP contribution in [0.1, 0.15) is 24.8 Å². The van der Waals surface area contributed by atoms with Crippen molar-refractivity contribution in [3.05, 3.63) is 58.6 Å². The van der Waals surface area contributed by atoms with Crippen LogP contribution >= 0.6 is 0 Å². The number of aromatic nitrogens is 2. The lowest BCUT2D eigenvalue weighted by Gasteiger charge is -2.27. The first-order valence-corrected chi connectivity index (χ1v) is 11.0. The highest BCUT2D eigenvalue weighted by Gasteiger charge is 2.53. The average molecular weight is 521 g/mol. The van der Waals surface area contributed by atoms with E-state index < -0.39 is 73.0 Å². The average Bonchev–Trinajstić information content (AvgIpc) is 3.09. The van der Waals surface area contributed by atoms with Gasteiger partial charge in [0, 0.05) is 6.20 Å². The summed E-state index contributed by atoms with van der Waals surface area (Å²) in [5, 5.41) is 43.5. The molecule has 2 amide bonds. The molecule has 200 valence electrons. The molecular weight excluding hydrogens is 494 g/mol. The first-order valence-electron chi connectivity index (χ1n) is 11.0. The van der Waals surface area contributed by atoms with Crippen LogP contribution in [0.15, 0.2) is 47.4 Å². The number of nitrogens with one attached hydrogen (secondary N) is 2. The van der Waals surface area contributed by atoms with E-state index in [1.807, 2.05) is 0 Å². The van der Waals surface area contributed by atoms with Gasteiger partial charge in [-0.25, -0.2) is 14.4 Å². The summed E-state index contributed by atoms with van der Waals surface area (Å²) in [5.74, 6) is -2.55. The van der Waals surface area contributed by atoms with Gasteiger partial charge in [-0.15, -0.1) is 0 Å². The summed E-state index contributed by atoms with van der Waals surface area (Å²) in [6, 6.07) is 6.64. The molecule has 1 aliphatic heterocycles. The lowest BCUT2D eigenvalue weighted by Crippen LogP contribution is -2.48. The Morgan fingerprint density at radius 2 is 1.95 bits per heavy atom. The fourth-order valence-corrected chi connectivity index (χ4v) is 3.60. The largest absolute Gasteiger partial charge is 0.480 e. The van der Waals surface area contributed by atoms with Gasteiger partial charge in [0.05, 0.1) is 6.61 Å². The number of hydrogen-bond donors (Lipinski definition) is 7. The van der Waals surface area contributed by atoms with E-state index in [-0.39, 0.29) is 5.82 Å². The van der Waals surface area contributed by atoms with Crippen molar-refractivity contribution >= 4 is 23.8 Å². The number of aliphatic hydroxyl groups is 3. The summed E-state index contributed by atoms with van der Waals surface area (Å²) in [5.41, 5.74) is 3.40. The van der Waals surface area contributed by atoms with E-state index in [2.05, 4.69) is 15.6 Å². The number of rotatable bonds is 9. The molecule has 15 heteroatoms. The van der Waals surface area contributed by atoms with E-state index >= 15 is 0 Å². The zero-order chi connectivity index (χ0) is 27.3. The Morgan fingerprint density at radius 1 is 1.27 bits per heavy atom. The molecule has 1 saturated heterocycles. The smallest absolute Gasteiger partial charge is 0.412 e. The van der Waals surface area contributed by atoms with E-state index in [9.17, 15) is 39.6 Å². The quantitative estimate of drug-likeness (QED) is 0.191. The number of carbonyl (C=O) groups is 3. The molecule has 0 bridgehead atoms. The molecular formula is C22H27N5O10. The third-order valence-electron chi connectivity index (χ3n) is 5.68. The van der Waals surface area contributed by atoms with Crippen molar-refractivity contribution in [2.24, 2.45) is 5.73 Å². The number of carboxylic acids is 1. The number of amides is 2. The summed E-state index contributed by atoms with van der Waals surface area (Å²) < 4.78 is 11.1. The van der Waals surface area contributed by atoms with Gasteiger partial charge in [0.2, 0.25) is 5.91 Å². The van der Waals surface area contributed by atoms with Crippen molar-refractivity contribution in [3.63, 3.8) is 0 Å². The van der Waals surface area contributed by atoms with Gasteiger partial charge in [-0.3, -0.25) is 14.7 Å². The number of anilines is 1. The molecule has 0 spiro atoms. The Labute approximate surface area is 209 Å². The molecule has 37 heavy (non-hydrogen) atoms. The Morgan fingerprint density at radius 3 is 2.51 bits per heavy atom. The number of carbonyl (C=O) groups excluding carboxylic acids is 2. The topological polar surface area (TPSA) is 236 Å². The van der Waals surface area contributed by atoms with E-state index in [1.54, 1.807) is 30.3 Å². The second kappa shape index (κ2) is 11.4. The Kier molecular flexibility index (Phi) is 8.57. The SMILES string of the molecule is C[C@@]1(O)[C@H](O)[C@@H](CO)O[C@H]1n1ccc(NC(=O)OC[C@H](NC(=O)[C@@H](N)c2ccccc2)C(=O)O)nc1=O. The standard InChI is InChI=1S/C22H27N5O10/c1-22(35)16(29)13(9-28)37-19(22)27-8-7-14(25-20(27)33)26-21(34)36-10-12(18(31)32)24-17(30)15(23)11-5-3-2-4-6-11/h2-8,12-13,15-16,19,28-29,35H,9-10,23H2,1H3,(H,24,30)(H,31,32)(H,25,26,33,34)/t12-,13+,15-,16+,19+,22+/m0/s1. The van der Waals surface area contributed by atoms with Gasteiger partial charge in [-0.05, 0) is 18.6 Å². The second-order valence-corrected chi connectivity index (χ2v) is 8.39. The minimum atomic E-state index is -1.92. The van der Waals surface area contributed by atoms with Crippen molar-refractivity contribution < 1.29 is 44.3 Å². The number of ether oxygens (including phenoxy) is 2. The predicted octanol–water partition coefficient (Wildman–Crippen LogP) is -1.94. The lowest BCUT2D eigenvalue weighted by atomic mass is 9.96. The van der Waals surface area contributed by atoms with Crippen molar-refractivity contribution in [3.8, 4) is 0 Å². The minimum Gasteiger partial charge on any atom is -0.480 e. The van der Waals surface area contributed by atoms with Gasteiger partial charge in [0.1, 0.15) is 36.3 Å². The summed E-state index contributed by atoms with van der Waals surface area (Å²) in [4.78, 5) is 52.0. The number of nitrogens with zero attached hydrogens (tertiary/aromatic N) is 2. The molecule has 1 fully saturated rings. The van der Waals surface area contributed by atoms with Gasteiger partial charge in [-0.2, -0.15) is 4.98 Å². The van der Waals surface area contributed by atoms with Crippen molar-refractivity contribution in [1.82, 2.24) is 14.9 Å². The fourth-order valence-electron chi connectivity index (χ4n) is 3.60. The maximum Gasteiger partial charge on any atom is 0.412 e. The molecule has 8 N–H and O–H groups in total. The Bertz CT molecular complexity index is 1190. The van der Waals surface area contributed by atoms with Crippen molar-refractivity contribution in [1.29, 1.82) is 0 Å². The van der Waals surface area contributed by atoms with Crippen molar-refractivity contribution in [2.45, 2.75) is 43.0 Å². The number of carboxylic acid groups (broad SMARTS) is 1. The van der Waals surface area contributed by atoms with Crippen LogP contribution in [0.4, 0.5) is 10.6 Å². The number of nitrogens with two attached hydrogens (primary N) is 1. The van der Waals surface area contributed by atoms with Crippen LogP contribution in [0.25, 0.3) is 0 Å². The van der Waals surface area contributed by atoms with Gasteiger partial charge < -0.3 is 41.0 Å². The van der Waals surface area contributed by atoms with Crippen LogP contribution in [0.5, 0.6) is 0 Å². The molecule has 0 saturated carbocycles. The molecule has 2 heterocycles. The van der Waals surface area contributed by atoms with Gasteiger partial charge in [0.15, 0.2) is 12.3 Å². The fraction of sp³-hybridized carbons (Fsp3) is 0.409. The maximum absolute atomic E-state index is 12.4. The first-order chi connectivity index (χ1) is 17.4. The predicted molar refractivity (Wildman–Crippen MR) is 124 cm³/mol. The summed E-state index contributed by atoms with van der Waals surface area (Å²) in [7, 11) is 0. The summed E-state index contributed by atoms with van der Waals surface area (Å²) in [6.45, 7) is -0.138. The van der Waals surface area contributed by atoms with Gasteiger partial charge in [0.25, 0.3) is 0 Å². The molecule has 15 nitrogen and oxygen atoms in total. The van der Waals surface area contributed by atoms with Crippen LogP contribution in [-0.2, 0) is 19.1 Å². The first kappa shape index (κ1) is 27.7. The van der Waals surface area contributed by atoms with Crippen LogP contribution in [0.3, 0.4) is 0 Å². The molecule has 0 aliphatic carbocycles. The summed E-state index contributed by atoms with van der Waals surface area (Å²) >= 11 is 0. The highest BCUT2D eigenvalue weighted by Crippen LogP contribution is 2.37. The minimum absolute atomic E-state index is 0.273. The van der Waals surface area contributed by atoms with Gasteiger partial charge >= 0.3 is 17.8 Å². The van der Waals surface area contributed by atoms with E-state index in [0.717, 1.165) is 16.8 Å². The third-order valence-corrected chi connectivity index (χ3v) is 5.68. The zero-order valence-electron chi connectivity index (χ0n) is 19.6.